The standard InChI is InChI=1S/C9H12N4S/c1-2-13-8(3-5-11-13)7-10-9-4-6-14-12-9/h3-6H,2,7H2,1H3,(H,10,12). The second-order valence-corrected chi connectivity index (χ2v) is 3.54. The van der Waals surface area contributed by atoms with Gasteiger partial charge in [0.05, 0.1) is 12.2 Å². The summed E-state index contributed by atoms with van der Waals surface area (Å²) in [4.78, 5) is 0. The maximum Gasteiger partial charge on any atom is 0.139 e. The number of aromatic nitrogens is 3. The van der Waals surface area contributed by atoms with E-state index >= 15 is 0 Å². The maximum atomic E-state index is 4.19. The second-order valence-electron chi connectivity index (χ2n) is 2.88. The molecule has 0 aliphatic heterocycles. The van der Waals surface area contributed by atoms with Crippen LogP contribution in [0.5, 0.6) is 0 Å². The van der Waals surface area contributed by atoms with Crippen LogP contribution in [-0.4, -0.2) is 14.2 Å². The van der Waals surface area contributed by atoms with Crippen LogP contribution >= 0.6 is 11.5 Å². The molecular weight excluding hydrogens is 196 g/mol. The monoisotopic (exact) mass is 208 g/mol. The van der Waals surface area contributed by atoms with Gasteiger partial charge in [-0.3, -0.25) is 4.68 Å². The topological polar surface area (TPSA) is 42.7 Å². The van der Waals surface area contributed by atoms with E-state index in [0.717, 1.165) is 18.9 Å². The average Bonchev–Trinajstić information content (AvgIpc) is 2.85. The van der Waals surface area contributed by atoms with Gasteiger partial charge in [-0.05, 0) is 30.6 Å². The first-order chi connectivity index (χ1) is 6.90. The Morgan fingerprint density at radius 1 is 1.50 bits per heavy atom. The summed E-state index contributed by atoms with van der Waals surface area (Å²) in [6.45, 7) is 3.76. The fourth-order valence-electron chi connectivity index (χ4n) is 1.28. The van der Waals surface area contributed by atoms with Gasteiger partial charge in [-0.25, -0.2) is 0 Å². The van der Waals surface area contributed by atoms with Gasteiger partial charge in [0.25, 0.3) is 0 Å². The molecule has 74 valence electrons. The molecule has 0 saturated heterocycles. The van der Waals surface area contributed by atoms with Crippen molar-refractivity contribution in [2.24, 2.45) is 0 Å². The lowest BCUT2D eigenvalue weighted by Gasteiger charge is -2.05. The molecule has 2 aromatic rings. The molecule has 0 aliphatic rings. The molecule has 2 rings (SSSR count). The molecule has 0 bridgehead atoms. The van der Waals surface area contributed by atoms with E-state index in [1.54, 1.807) is 0 Å². The van der Waals surface area contributed by atoms with E-state index in [1.807, 2.05) is 28.4 Å². The fraction of sp³-hybridized carbons (Fsp3) is 0.333. The normalized spacial score (nSPS) is 10.4. The predicted molar refractivity (Wildman–Crippen MR) is 57.3 cm³/mol. The van der Waals surface area contributed by atoms with Gasteiger partial charge in [-0.15, -0.1) is 0 Å². The first-order valence-corrected chi connectivity index (χ1v) is 5.38. The minimum absolute atomic E-state index is 0.775. The van der Waals surface area contributed by atoms with Crippen LogP contribution < -0.4 is 5.32 Å². The smallest absolute Gasteiger partial charge is 0.139 e. The molecule has 4 nitrogen and oxygen atoms in total. The zero-order chi connectivity index (χ0) is 9.80. The highest BCUT2D eigenvalue weighted by molar-refractivity contribution is 7.03. The highest BCUT2D eigenvalue weighted by Crippen LogP contribution is 2.08. The predicted octanol–water partition coefficient (Wildman–Crippen LogP) is 1.97. The minimum Gasteiger partial charge on any atom is -0.364 e. The molecule has 0 saturated carbocycles. The lowest BCUT2D eigenvalue weighted by atomic mass is 10.4. The van der Waals surface area contributed by atoms with Crippen molar-refractivity contribution in [3.05, 3.63) is 29.4 Å². The number of hydrogen-bond acceptors (Lipinski definition) is 4. The van der Waals surface area contributed by atoms with E-state index in [0.29, 0.717) is 0 Å². The molecule has 0 atom stereocenters. The summed E-state index contributed by atoms with van der Waals surface area (Å²) >= 11 is 1.45. The van der Waals surface area contributed by atoms with E-state index in [1.165, 1.54) is 17.2 Å². The van der Waals surface area contributed by atoms with Gasteiger partial charge >= 0.3 is 0 Å². The largest absolute Gasteiger partial charge is 0.364 e. The molecule has 0 amide bonds. The number of hydrogen-bond donors (Lipinski definition) is 1. The van der Waals surface area contributed by atoms with Gasteiger partial charge in [0.1, 0.15) is 5.82 Å². The Bertz CT molecular complexity index is 379. The quantitative estimate of drug-likeness (QED) is 0.835. The van der Waals surface area contributed by atoms with Gasteiger partial charge in [0, 0.05) is 18.1 Å². The Morgan fingerprint density at radius 2 is 2.43 bits per heavy atom. The molecule has 14 heavy (non-hydrogen) atoms. The number of aryl methyl sites for hydroxylation is 1. The van der Waals surface area contributed by atoms with Crippen LogP contribution in [-0.2, 0) is 13.1 Å². The number of rotatable bonds is 4. The molecular formula is C9H12N4S. The Morgan fingerprint density at radius 3 is 3.14 bits per heavy atom. The first-order valence-electron chi connectivity index (χ1n) is 4.55. The van der Waals surface area contributed by atoms with Crippen molar-refractivity contribution in [2.75, 3.05) is 5.32 Å². The SMILES string of the molecule is CCn1nccc1CNc1ccsn1. The molecule has 0 radical (unpaired) electrons. The molecule has 0 aliphatic carbocycles. The molecule has 2 heterocycles. The third-order valence-corrected chi connectivity index (χ3v) is 2.55. The Kier molecular flexibility index (Phi) is 2.78. The summed E-state index contributed by atoms with van der Waals surface area (Å²) < 4.78 is 6.14. The molecule has 0 fully saturated rings. The maximum absolute atomic E-state index is 4.19. The van der Waals surface area contributed by atoms with Gasteiger partial charge < -0.3 is 5.32 Å². The van der Waals surface area contributed by atoms with Gasteiger partial charge in [-0.2, -0.15) is 9.47 Å². The molecule has 0 unspecified atom stereocenters. The molecule has 0 spiro atoms. The van der Waals surface area contributed by atoms with E-state index < -0.39 is 0 Å². The summed E-state index contributed by atoms with van der Waals surface area (Å²) in [7, 11) is 0. The first kappa shape index (κ1) is 9.21. The van der Waals surface area contributed by atoms with Crippen LogP contribution in [0.1, 0.15) is 12.6 Å². The van der Waals surface area contributed by atoms with Crippen molar-refractivity contribution in [3.63, 3.8) is 0 Å². The van der Waals surface area contributed by atoms with E-state index in [9.17, 15) is 0 Å². The van der Waals surface area contributed by atoms with Crippen molar-refractivity contribution < 1.29 is 0 Å². The van der Waals surface area contributed by atoms with Crippen molar-refractivity contribution in [2.45, 2.75) is 20.0 Å². The second kappa shape index (κ2) is 4.23. The summed E-state index contributed by atoms with van der Waals surface area (Å²) in [5.41, 5.74) is 1.18. The molecule has 0 aromatic carbocycles. The van der Waals surface area contributed by atoms with Crippen LogP contribution in [0.15, 0.2) is 23.7 Å². The Labute approximate surface area is 86.7 Å². The van der Waals surface area contributed by atoms with Crippen LogP contribution in [0.3, 0.4) is 0 Å². The van der Waals surface area contributed by atoms with E-state index in [-0.39, 0.29) is 0 Å². The van der Waals surface area contributed by atoms with Crippen LogP contribution in [0, 0.1) is 0 Å². The van der Waals surface area contributed by atoms with Crippen LogP contribution in [0.25, 0.3) is 0 Å². The Balaban J connectivity index is 1.98. The van der Waals surface area contributed by atoms with Gasteiger partial charge in [0.15, 0.2) is 0 Å². The lowest BCUT2D eigenvalue weighted by Crippen LogP contribution is -2.07. The zero-order valence-electron chi connectivity index (χ0n) is 7.97. The van der Waals surface area contributed by atoms with Crippen molar-refractivity contribution in [1.29, 1.82) is 0 Å². The molecule has 2 aromatic heterocycles. The minimum atomic E-state index is 0.775. The molecule has 1 N–H and O–H groups in total. The van der Waals surface area contributed by atoms with E-state index in [4.69, 9.17) is 0 Å². The number of nitrogens with one attached hydrogen (secondary N) is 1. The summed E-state index contributed by atoms with van der Waals surface area (Å²) in [6.07, 6.45) is 1.82. The summed E-state index contributed by atoms with van der Waals surface area (Å²) in [6, 6.07) is 3.99. The van der Waals surface area contributed by atoms with Crippen LogP contribution in [0.2, 0.25) is 0 Å². The third kappa shape index (κ3) is 1.93. The third-order valence-electron chi connectivity index (χ3n) is 1.99. The Hall–Kier alpha value is -1.36. The zero-order valence-corrected chi connectivity index (χ0v) is 8.79. The lowest BCUT2D eigenvalue weighted by molar-refractivity contribution is 0.627. The summed E-state index contributed by atoms with van der Waals surface area (Å²) in [5, 5.41) is 9.39. The number of nitrogens with zero attached hydrogens (tertiary/aromatic N) is 3. The van der Waals surface area contributed by atoms with Crippen LogP contribution in [0.4, 0.5) is 5.82 Å². The van der Waals surface area contributed by atoms with Crippen molar-refractivity contribution in [1.82, 2.24) is 14.2 Å². The van der Waals surface area contributed by atoms with Crippen molar-refractivity contribution >= 4 is 17.4 Å². The molecule has 5 heteroatoms. The summed E-state index contributed by atoms with van der Waals surface area (Å²) in [5.74, 6) is 0.929. The van der Waals surface area contributed by atoms with Gasteiger partial charge in [-0.1, -0.05) is 0 Å². The average molecular weight is 208 g/mol. The van der Waals surface area contributed by atoms with E-state index in [2.05, 4.69) is 21.7 Å². The number of anilines is 1. The highest BCUT2D eigenvalue weighted by atomic mass is 32.1. The fourth-order valence-corrected chi connectivity index (χ4v) is 1.77. The highest BCUT2D eigenvalue weighted by Gasteiger charge is 2.00. The van der Waals surface area contributed by atoms with Crippen molar-refractivity contribution in [3.8, 4) is 0 Å². The van der Waals surface area contributed by atoms with Gasteiger partial charge in [0.2, 0.25) is 0 Å².